The number of ether oxygens (including phenoxy) is 1. The van der Waals surface area contributed by atoms with Gasteiger partial charge in [-0.05, 0) is 52.6 Å². The van der Waals surface area contributed by atoms with Crippen molar-refractivity contribution in [2.24, 2.45) is 0 Å². The molecule has 2 nitrogen and oxygen atoms in total. The maximum atomic E-state index is 11.8. The third-order valence-electron chi connectivity index (χ3n) is 2.56. The maximum Gasteiger partial charge on any atom is 0.347 e. The third kappa shape index (κ3) is 5.38. The lowest BCUT2D eigenvalue weighted by Crippen LogP contribution is -2.05. The summed E-state index contributed by atoms with van der Waals surface area (Å²) in [6.45, 7) is 2.27. The summed E-state index contributed by atoms with van der Waals surface area (Å²) in [6.07, 6.45) is 5.77. The van der Waals surface area contributed by atoms with E-state index in [0.29, 0.717) is 4.48 Å². The summed E-state index contributed by atoms with van der Waals surface area (Å²) in [5.41, 5.74) is 2.22. The Morgan fingerprint density at radius 3 is 2.40 bits per heavy atom. The highest BCUT2D eigenvalue weighted by atomic mass is 79.9. The van der Waals surface area contributed by atoms with E-state index >= 15 is 0 Å². The number of rotatable bonds is 6. The monoisotopic (exact) mass is 372 g/mol. The minimum Gasteiger partial charge on any atom is -0.457 e. The van der Waals surface area contributed by atoms with Crippen molar-refractivity contribution in [1.29, 1.82) is 0 Å². The number of allylic oxidation sites excluding steroid dienone is 1. The topological polar surface area (TPSA) is 26.3 Å². The van der Waals surface area contributed by atoms with Crippen molar-refractivity contribution in [1.82, 2.24) is 0 Å². The Hall–Kier alpha value is -0.650. The molecule has 0 atom stereocenters. The minimum atomic E-state index is -0.333. The van der Waals surface area contributed by atoms with E-state index < -0.39 is 0 Å². The Morgan fingerprint density at radius 2 is 1.85 bits per heavy atom. The van der Waals surface area contributed by atoms with Gasteiger partial charge in [-0.25, -0.2) is 4.79 Å². The Kier molecular flexibility index (Phi) is 8.11. The van der Waals surface area contributed by atoms with E-state index in [1.807, 2.05) is 55.8 Å². The van der Waals surface area contributed by atoms with Gasteiger partial charge in [0.2, 0.25) is 0 Å². The number of benzene rings is 1. The average molecular weight is 373 g/mol. The number of carbonyl (C=O) groups excluding carboxylic acids is 1. The Bertz CT molecular complexity index is 504. The van der Waals surface area contributed by atoms with Crippen LogP contribution in [-0.2, 0) is 9.53 Å². The number of esters is 1. The molecule has 1 aromatic carbocycles. The molecule has 0 aliphatic rings. The molecule has 0 amide bonds. The zero-order chi connectivity index (χ0) is 15.0. The van der Waals surface area contributed by atoms with Crippen molar-refractivity contribution < 1.29 is 9.53 Å². The number of hydrogen-bond donors (Lipinski definition) is 0. The maximum absolute atomic E-state index is 11.8. The van der Waals surface area contributed by atoms with Gasteiger partial charge in [-0.3, -0.25) is 0 Å². The molecule has 0 aliphatic heterocycles. The molecule has 1 aromatic rings. The van der Waals surface area contributed by atoms with Crippen LogP contribution in [0, 0.1) is 0 Å². The first-order valence-corrected chi connectivity index (χ1v) is 9.21. The molecule has 0 spiro atoms. The lowest BCUT2D eigenvalue weighted by molar-refractivity contribution is -0.136. The standard InChI is InChI=1S/C15H17BrO2S2/c1-11(12-7-5-4-6-8-12)9-10-18-14(17)13(16)15(19-2)20-3/h4-9H,10H2,1-3H3/b11-9+. The van der Waals surface area contributed by atoms with Crippen LogP contribution in [0.1, 0.15) is 12.5 Å². The van der Waals surface area contributed by atoms with Gasteiger partial charge in [0.1, 0.15) is 11.1 Å². The molecule has 0 heterocycles. The second kappa shape index (κ2) is 9.32. The van der Waals surface area contributed by atoms with E-state index in [0.717, 1.165) is 15.4 Å². The summed E-state index contributed by atoms with van der Waals surface area (Å²) in [5, 5.41) is 0. The first-order chi connectivity index (χ1) is 9.60. The number of halogens is 1. The molecule has 0 saturated carbocycles. The van der Waals surface area contributed by atoms with Crippen LogP contribution in [0.25, 0.3) is 5.57 Å². The summed E-state index contributed by atoms with van der Waals surface area (Å²) < 4.78 is 6.64. The van der Waals surface area contributed by atoms with Crippen molar-refractivity contribution in [2.45, 2.75) is 6.92 Å². The zero-order valence-corrected chi connectivity index (χ0v) is 14.9. The van der Waals surface area contributed by atoms with Crippen molar-refractivity contribution in [3.8, 4) is 0 Å². The van der Waals surface area contributed by atoms with E-state index in [9.17, 15) is 4.79 Å². The normalized spacial score (nSPS) is 11.1. The molecule has 5 heteroatoms. The fraction of sp³-hybridized carbons (Fsp3) is 0.267. The van der Waals surface area contributed by atoms with Crippen LogP contribution in [0.2, 0.25) is 0 Å². The van der Waals surface area contributed by atoms with E-state index in [1.54, 1.807) is 0 Å². The summed E-state index contributed by atoms with van der Waals surface area (Å²) >= 11 is 6.33. The van der Waals surface area contributed by atoms with E-state index in [-0.39, 0.29) is 12.6 Å². The first-order valence-electron chi connectivity index (χ1n) is 5.97. The first kappa shape index (κ1) is 17.4. The number of thioether (sulfide) groups is 2. The predicted molar refractivity (Wildman–Crippen MR) is 94.0 cm³/mol. The second-order valence-corrected chi connectivity index (χ2v) is 6.55. The lowest BCUT2D eigenvalue weighted by Gasteiger charge is -2.06. The van der Waals surface area contributed by atoms with Crippen LogP contribution in [0.5, 0.6) is 0 Å². The van der Waals surface area contributed by atoms with Gasteiger partial charge in [0.05, 0.1) is 4.24 Å². The molecule has 0 unspecified atom stereocenters. The Balaban J connectivity index is 2.60. The number of carbonyl (C=O) groups is 1. The molecule has 108 valence electrons. The van der Waals surface area contributed by atoms with Crippen molar-refractivity contribution in [3.63, 3.8) is 0 Å². The van der Waals surface area contributed by atoms with Gasteiger partial charge in [-0.1, -0.05) is 30.3 Å². The fourth-order valence-electron chi connectivity index (χ4n) is 1.47. The Labute approximate surface area is 137 Å². The Morgan fingerprint density at radius 1 is 1.25 bits per heavy atom. The molecule has 1 rings (SSSR count). The fourth-order valence-corrected chi connectivity index (χ4v) is 3.75. The second-order valence-electron chi connectivity index (χ2n) is 3.86. The molecule has 0 bridgehead atoms. The van der Waals surface area contributed by atoms with Gasteiger partial charge in [0, 0.05) is 0 Å². The SMILES string of the molecule is CSC(SC)=C(Br)C(=O)OC/C=C(\C)c1ccccc1. The highest BCUT2D eigenvalue weighted by Crippen LogP contribution is 2.31. The smallest absolute Gasteiger partial charge is 0.347 e. The van der Waals surface area contributed by atoms with Gasteiger partial charge >= 0.3 is 5.97 Å². The molecule has 0 saturated heterocycles. The van der Waals surface area contributed by atoms with E-state index in [1.165, 1.54) is 23.5 Å². The van der Waals surface area contributed by atoms with Crippen LogP contribution in [0.4, 0.5) is 0 Å². The van der Waals surface area contributed by atoms with Gasteiger partial charge in [-0.15, -0.1) is 23.5 Å². The summed E-state index contributed by atoms with van der Waals surface area (Å²) in [6, 6.07) is 10.0. The van der Waals surface area contributed by atoms with Crippen LogP contribution < -0.4 is 0 Å². The predicted octanol–water partition coefficient (Wildman–Crippen LogP) is 4.92. The molecule has 20 heavy (non-hydrogen) atoms. The van der Waals surface area contributed by atoms with Crippen LogP contribution in [0.3, 0.4) is 0 Å². The van der Waals surface area contributed by atoms with E-state index in [2.05, 4.69) is 15.9 Å². The largest absolute Gasteiger partial charge is 0.457 e. The highest BCUT2D eigenvalue weighted by Gasteiger charge is 2.12. The molecule has 0 N–H and O–H groups in total. The summed E-state index contributed by atoms with van der Waals surface area (Å²) in [4.78, 5) is 11.8. The number of hydrogen-bond acceptors (Lipinski definition) is 4. The quantitative estimate of drug-likeness (QED) is 0.522. The van der Waals surface area contributed by atoms with Gasteiger partial charge < -0.3 is 4.74 Å². The van der Waals surface area contributed by atoms with Gasteiger partial charge in [0.25, 0.3) is 0 Å². The average Bonchev–Trinajstić information content (AvgIpc) is 2.49. The summed E-state index contributed by atoms with van der Waals surface area (Å²) in [5.74, 6) is -0.333. The lowest BCUT2D eigenvalue weighted by atomic mass is 10.1. The zero-order valence-electron chi connectivity index (χ0n) is 11.7. The molecule has 0 radical (unpaired) electrons. The van der Waals surface area contributed by atoms with Crippen LogP contribution in [-0.4, -0.2) is 25.1 Å². The molecule has 0 fully saturated rings. The molecule has 0 aromatic heterocycles. The van der Waals surface area contributed by atoms with Crippen molar-refractivity contribution >= 4 is 51.0 Å². The van der Waals surface area contributed by atoms with Gasteiger partial charge in [0.15, 0.2) is 0 Å². The van der Waals surface area contributed by atoms with Crippen molar-refractivity contribution in [3.05, 3.63) is 50.7 Å². The van der Waals surface area contributed by atoms with Crippen molar-refractivity contribution in [2.75, 3.05) is 19.1 Å². The minimum absolute atomic E-state index is 0.269. The molecule has 0 aliphatic carbocycles. The molecular weight excluding hydrogens is 356 g/mol. The summed E-state index contributed by atoms with van der Waals surface area (Å²) in [7, 11) is 0. The van der Waals surface area contributed by atoms with Crippen LogP contribution in [0.15, 0.2) is 45.1 Å². The highest BCUT2D eigenvalue weighted by molar-refractivity contribution is 9.12. The third-order valence-corrected chi connectivity index (χ3v) is 5.96. The van der Waals surface area contributed by atoms with Gasteiger partial charge in [-0.2, -0.15) is 0 Å². The molecular formula is C15H17BrO2S2. The van der Waals surface area contributed by atoms with Crippen LogP contribution >= 0.6 is 39.5 Å². The van der Waals surface area contributed by atoms with E-state index in [4.69, 9.17) is 4.74 Å².